The lowest BCUT2D eigenvalue weighted by molar-refractivity contribution is 0.0940. The van der Waals surface area contributed by atoms with E-state index in [-0.39, 0.29) is 11.9 Å². The molecule has 1 atom stereocenters. The van der Waals surface area contributed by atoms with E-state index in [1.165, 1.54) is 0 Å². The van der Waals surface area contributed by atoms with Gasteiger partial charge in [-0.05, 0) is 26.8 Å². The van der Waals surface area contributed by atoms with E-state index < -0.39 is 0 Å². The summed E-state index contributed by atoms with van der Waals surface area (Å²) < 4.78 is 0. The number of amides is 1. The Kier molecular flexibility index (Phi) is 4.34. The molecule has 2 aromatic heterocycles. The molecule has 106 valence electrons. The highest BCUT2D eigenvalue weighted by Crippen LogP contribution is 2.20. The van der Waals surface area contributed by atoms with Crippen molar-refractivity contribution < 1.29 is 4.79 Å². The second-order valence-corrected chi connectivity index (χ2v) is 5.53. The van der Waals surface area contributed by atoms with E-state index in [0.29, 0.717) is 5.56 Å². The summed E-state index contributed by atoms with van der Waals surface area (Å²) in [5, 5.41) is 8.85. The third-order valence-electron chi connectivity index (χ3n) is 2.91. The predicted molar refractivity (Wildman–Crippen MR) is 81.3 cm³/mol. The number of nitrogens with one attached hydrogen (secondary N) is 2. The van der Waals surface area contributed by atoms with Crippen molar-refractivity contribution in [2.24, 2.45) is 0 Å². The largest absolute Gasteiger partial charge is 0.387 e. The number of anilines is 1. The van der Waals surface area contributed by atoms with Gasteiger partial charge in [0.05, 0.1) is 17.3 Å². The van der Waals surface area contributed by atoms with Gasteiger partial charge in [0.1, 0.15) is 5.01 Å². The van der Waals surface area contributed by atoms with Crippen molar-refractivity contribution in [2.75, 3.05) is 12.4 Å². The zero-order chi connectivity index (χ0) is 14.7. The maximum atomic E-state index is 12.3. The zero-order valence-corrected chi connectivity index (χ0v) is 12.8. The molecular weight excluding hydrogens is 272 g/mol. The number of thiazole rings is 1. The maximum absolute atomic E-state index is 12.3. The summed E-state index contributed by atoms with van der Waals surface area (Å²) in [6.45, 7) is 5.76. The molecule has 0 radical (unpaired) electrons. The smallest absolute Gasteiger partial charge is 0.255 e. The molecule has 0 aliphatic carbocycles. The lowest BCUT2D eigenvalue weighted by atomic mass is 10.2. The Labute approximate surface area is 122 Å². The second kappa shape index (κ2) is 6.00. The fourth-order valence-corrected chi connectivity index (χ4v) is 2.66. The molecule has 0 fully saturated rings. The minimum Gasteiger partial charge on any atom is -0.387 e. The summed E-state index contributed by atoms with van der Waals surface area (Å²) >= 11 is 1.55. The number of aromatic nitrogens is 2. The van der Waals surface area contributed by atoms with Crippen LogP contribution < -0.4 is 10.6 Å². The van der Waals surface area contributed by atoms with Gasteiger partial charge in [-0.1, -0.05) is 0 Å². The van der Waals surface area contributed by atoms with Crippen LogP contribution in [0.4, 0.5) is 5.69 Å². The van der Waals surface area contributed by atoms with Crippen LogP contribution >= 0.6 is 11.3 Å². The first-order valence-corrected chi connectivity index (χ1v) is 7.26. The molecule has 1 amide bonds. The summed E-state index contributed by atoms with van der Waals surface area (Å²) in [5.41, 5.74) is 3.16. The first kappa shape index (κ1) is 14.5. The van der Waals surface area contributed by atoms with Crippen molar-refractivity contribution in [1.82, 2.24) is 15.3 Å². The minimum atomic E-state index is -0.151. The number of rotatable bonds is 4. The molecule has 0 saturated heterocycles. The molecule has 0 aliphatic rings. The van der Waals surface area contributed by atoms with Gasteiger partial charge in [-0.3, -0.25) is 9.78 Å². The van der Waals surface area contributed by atoms with Crippen LogP contribution in [-0.2, 0) is 0 Å². The molecule has 0 saturated carbocycles. The predicted octanol–water partition coefficient (Wildman–Crippen LogP) is 2.69. The third-order valence-corrected chi connectivity index (χ3v) is 4.05. The van der Waals surface area contributed by atoms with Gasteiger partial charge in [-0.25, -0.2) is 4.98 Å². The molecule has 6 heteroatoms. The van der Waals surface area contributed by atoms with E-state index in [1.54, 1.807) is 24.6 Å². The van der Waals surface area contributed by atoms with E-state index in [1.807, 2.05) is 32.2 Å². The molecule has 2 heterocycles. The van der Waals surface area contributed by atoms with Gasteiger partial charge in [-0.15, -0.1) is 11.3 Å². The van der Waals surface area contributed by atoms with Crippen molar-refractivity contribution in [3.63, 3.8) is 0 Å². The van der Waals surface area contributed by atoms with E-state index in [0.717, 1.165) is 22.1 Å². The Balaban J connectivity index is 2.16. The van der Waals surface area contributed by atoms with Crippen LogP contribution in [0.3, 0.4) is 0 Å². The summed E-state index contributed by atoms with van der Waals surface area (Å²) in [6.07, 6.45) is 1.59. The Hall–Kier alpha value is -1.95. The molecular formula is C14H18N4OS. The van der Waals surface area contributed by atoms with Crippen LogP contribution in [0, 0.1) is 13.8 Å². The standard InChI is InChI=1S/C14H18N4OS/c1-8-5-12(15-4)11(6-16-8)13(19)18-10(3)14-17-9(2)7-20-14/h5-7,10H,1-4H3,(H,15,16)(H,18,19). The maximum Gasteiger partial charge on any atom is 0.255 e. The van der Waals surface area contributed by atoms with Crippen molar-refractivity contribution >= 4 is 22.9 Å². The zero-order valence-electron chi connectivity index (χ0n) is 12.0. The van der Waals surface area contributed by atoms with Crippen LogP contribution in [0.15, 0.2) is 17.6 Å². The van der Waals surface area contributed by atoms with Crippen LogP contribution in [0.5, 0.6) is 0 Å². The van der Waals surface area contributed by atoms with Crippen molar-refractivity contribution in [3.05, 3.63) is 39.6 Å². The van der Waals surface area contributed by atoms with Crippen LogP contribution in [0.1, 0.15) is 39.7 Å². The topological polar surface area (TPSA) is 66.9 Å². The van der Waals surface area contributed by atoms with Gasteiger partial charge in [0.25, 0.3) is 5.91 Å². The SMILES string of the molecule is CNc1cc(C)ncc1C(=O)NC(C)c1nc(C)cs1. The molecule has 2 aromatic rings. The number of hydrogen-bond acceptors (Lipinski definition) is 5. The Morgan fingerprint density at radius 2 is 2.10 bits per heavy atom. The molecule has 20 heavy (non-hydrogen) atoms. The summed E-state index contributed by atoms with van der Waals surface area (Å²) in [4.78, 5) is 20.9. The van der Waals surface area contributed by atoms with Crippen molar-refractivity contribution in [2.45, 2.75) is 26.8 Å². The van der Waals surface area contributed by atoms with Crippen LogP contribution in [0.2, 0.25) is 0 Å². The average molecular weight is 290 g/mol. The van der Waals surface area contributed by atoms with Crippen LogP contribution in [0.25, 0.3) is 0 Å². The highest BCUT2D eigenvalue weighted by atomic mass is 32.1. The van der Waals surface area contributed by atoms with Gasteiger partial charge >= 0.3 is 0 Å². The van der Waals surface area contributed by atoms with E-state index in [2.05, 4.69) is 20.6 Å². The molecule has 0 aromatic carbocycles. The highest BCUT2D eigenvalue weighted by Gasteiger charge is 2.16. The minimum absolute atomic E-state index is 0.118. The van der Waals surface area contributed by atoms with Crippen molar-refractivity contribution in [3.8, 4) is 0 Å². The first-order chi connectivity index (χ1) is 9.51. The van der Waals surface area contributed by atoms with E-state index >= 15 is 0 Å². The fraction of sp³-hybridized carbons (Fsp3) is 0.357. The fourth-order valence-electron chi connectivity index (χ4n) is 1.85. The molecule has 0 spiro atoms. The van der Waals surface area contributed by atoms with Crippen LogP contribution in [-0.4, -0.2) is 22.9 Å². The number of carbonyl (C=O) groups is 1. The lowest BCUT2D eigenvalue weighted by Gasteiger charge is -2.13. The number of hydrogen-bond donors (Lipinski definition) is 2. The summed E-state index contributed by atoms with van der Waals surface area (Å²) in [6, 6.07) is 1.74. The Morgan fingerprint density at radius 3 is 2.70 bits per heavy atom. The third kappa shape index (κ3) is 3.14. The molecule has 5 nitrogen and oxygen atoms in total. The summed E-state index contributed by atoms with van der Waals surface area (Å²) in [7, 11) is 1.79. The number of carbonyl (C=O) groups excluding carboxylic acids is 1. The molecule has 1 unspecified atom stereocenters. The molecule has 2 N–H and O–H groups in total. The van der Waals surface area contributed by atoms with Crippen molar-refractivity contribution in [1.29, 1.82) is 0 Å². The van der Waals surface area contributed by atoms with Gasteiger partial charge in [-0.2, -0.15) is 0 Å². The number of nitrogens with zero attached hydrogens (tertiary/aromatic N) is 2. The normalized spacial score (nSPS) is 12.0. The van der Waals surface area contributed by atoms with E-state index in [4.69, 9.17) is 0 Å². The average Bonchev–Trinajstić information content (AvgIpc) is 2.85. The van der Waals surface area contributed by atoms with Gasteiger partial charge in [0.2, 0.25) is 0 Å². The van der Waals surface area contributed by atoms with Gasteiger partial charge < -0.3 is 10.6 Å². The Bertz CT molecular complexity index is 623. The molecule has 2 rings (SSSR count). The second-order valence-electron chi connectivity index (χ2n) is 4.64. The number of aryl methyl sites for hydroxylation is 2. The Morgan fingerprint density at radius 1 is 1.35 bits per heavy atom. The summed E-state index contributed by atoms with van der Waals surface area (Å²) in [5.74, 6) is -0.151. The highest BCUT2D eigenvalue weighted by molar-refractivity contribution is 7.09. The number of pyridine rings is 1. The van der Waals surface area contributed by atoms with Gasteiger partial charge in [0, 0.05) is 30.0 Å². The molecule has 0 bridgehead atoms. The van der Waals surface area contributed by atoms with Gasteiger partial charge in [0.15, 0.2) is 0 Å². The monoisotopic (exact) mass is 290 g/mol. The molecule has 0 aliphatic heterocycles. The van der Waals surface area contributed by atoms with E-state index in [9.17, 15) is 4.79 Å². The lowest BCUT2D eigenvalue weighted by Crippen LogP contribution is -2.27. The quantitative estimate of drug-likeness (QED) is 0.908. The first-order valence-electron chi connectivity index (χ1n) is 6.38.